The first kappa shape index (κ1) is 10.2. The van der Waals surface area contributed by atoms with E-state index in [4.69, 9.17) is 4.74 Å². The first-order chi connectivity index (χ1) is 6.62. The minimum atomic E-state index is 0.421. The summed E-state index contributed by atoms with van der Waals surface area (Å²) in [5.74, 6) is 0.829. The molecule has 1 heteroatoms. The van der Waals surface area contributed by atoms with Crippen LogP contribution in [0.25, 0.3) is 0 Å². The molecule has 14 heavy (non-hydrogen) atoms. The Bertz CT molecular complexity index is 234. The van der Waals surface area contributed by atoms with Crippen LogP contribution in [0.15, 0.2) is 11.6 Å². The third kappa shape index (κ3) is 2.38. The van der Waals surface area contributed by atoms with Crippen molar-refractivity contribution in [1.29, 1.82) is 0 Å². The molecule has 0 bridgehead atoms. The molecule has 1 saturated carbocycles. The molecule has 1 aliphatic carbocycles. The fourth-order valence-electron chi connectivity index (χ4n) is 2.22. The van der Waals surface area contributed by atoms with E-state index in [1.165, 1.54) is 37.7 Å². The lowest BCUT2D eigenvalue weighted by Gasteiger charge is -2.07. The number of allylic oxidation sites excluding steroid dienone is 2. The van der Waals surface area contributed by atoms with Gasteiger partial charge in [-0.3, -0.25) is 0 Å². The predicted molar refractivity (Wildman–Crippen MR) is 59.3 cm³/mol. The summed E-state index contributed by atoms with van der Waals surface area (Å²) in [7, 11) is 0. The maximum Gasteiger partial charge on any atom is 0.0950 e. The van der Waals surface area contributed by atoms with Crippen LogP contribution in [0.3, 0.4) is 0 Å². The van der Waals surface area contributed by atoms with Gasteiger partial charge in [-0.05, 0) is 51.9 Å². The second-order valence-electron chi connectivity index (χ2n) is 5.37. The second kappa shape index (κ2) is 3.69. The van der Waals surface area contributed by atoms with Gasteiger partial charge in [-0.25, -0.2) is 0 Å². The van der Waals surface area contributed by atoms with Crippen LogP contribution in [0.4, 0.5) is 0 Å². The van der Waals surface area contributed by atoms with Crippen LogP contribution < -0.4 is 0 Å². The highest BCUT2D eigenvalue weighted by Crippen LogP contribution is 2.59. The average molecular weight is 194 g/mol. The lowest BCUT2D eigenvalue weighted by molar-refractivity contribution is 0.332. The Labute approximate surface area is 87.5 Å². The highest BCUT2D eigenvalue weighted by atomic mass is 16.6. The molecule has 1 heterocycles. The Balaban J connectivity index is 1.59. The molecule has 2 unspecified atom stereocenters. The van der Waals surface area contributed by atoms with Crippen LogP contribution in [0.2, 0.25) is 0 Å². The molecule has 1 spiro atoms. The van der Waals surface area contributed by atoms with E-state index in [9.17, 15) is 0 Å². The number of epoxide rings is 1. The Kier molecular flexibility index (Phi) is 2.70. The van der Waals surface area contributed by atoms with Gasteiger partial charge in [0.15, 0.2) is 0 Å². The molecule has 1 aliphatic heterocycles. The molecule has 2 aliphatic rings. The van der Waals surface area contributed by atoms with Crippen LogP contribution in [-0.2, 0) is 4.74 Å². The summed E-state index contributed by atoms with van der Waals surface area (Å²) >= 11 is 0. The Morgan fingerprint density at radius 3 is 2.71 bits per heavy atom. The van der Waals surface area contributed by atoms with Crippen LogP contribution in [0, 0.1) is 5.92 Å². The van der Waals surface area contributed by atoms with E-state index in [1.807, 2.05) is 0 Å². The van der Waals surface area contributed by atoms with Crippen molar-refractivity contribution in [1.82, 2.24) is 0 Å². The van der Waals surface area contributed by atoms with Crippen molar-refractivity contribution in [2.24, 2.45) is 5.92 Å². The average Bonchev–Trinajstić information content (AvgIpc) is 2.95. The van der Waals surface area contributed by atoms with Crippen molar-refractivity contribution in [2.75, 3.05) is 0 Å². The molecule has 2 atom stereocenters. The summed E-state index contributed by atoms with van der Waals surface area (Å²) < 4.78 is 5.70. The van der Waals surface area contributed by atoms with Gasteiger partial charge in [-0.2, -0.15) is 0 Å². The standard InChI is InChI=1S/C13H22O/c1-10(2)5-4-6-11(3)9-12-13(14-12)7-8-13/h5,11-12H,4,6-9H2,1-3H3. The molecule has 2 fully saturated rings. The quantitative estimate of drug-likeness (QED) is 0.480. The molecular weight excluding hydrogens is 172 g/mol. The van der Waals surface area contributed by atoms with E-state index in [1.54, 1.807) is 0 Å². The van der Waals surface area contributed by atoms with Crippen molar-refractivity contribution in [3.8, 4) is 0 Å². The Morgan fingerprint density at radius 2 is 2.21 bits per heavy atom. The maximum atomic E-state index is 5.70. The van der Waals surface area contributed by atoms with E-state index < -0.39 is 0 Å². The van der Waals surface area contributed by atoms with Crippen LogP contribution in [0.1, 0.15) is 52.9 Å². The number of ether oxygens (including phenoxy) is 1. The molecule has 2 rings (SSSR count). The van der Waals surface area contributed by atoms with E-state index in [2.05, 4.69) is 26.8 Å². The molecular formula is C13H22O. The number of rotatable bonds is 5. The van der Waals surface area contributed by atoms with E-state index >= 15 is 0 Å². The van der Waals surface area contributed by atoms with Gasteiger partial charge in [0.25, 0.3) is 0 Å². The van der Waals surface area contributed by atoms with Gasteiger partial charge in [-0.1, -0.05) is 18.6 Å². The van der Waals surface area contributed by atoms with Gasteiger partial charge in [0, 0.05) is 0 Å². The zero-order valence-corrected chi connectivity index (χ0v) is 9.68. The largest absolute Gasteiger partial charge is 0.366 e. The van der Waals surface area contributed by atoms with Crippen LogP contribution in [0.5, 0.6) is 0 Å². The first-order valence-electron chi connectivity index (χ1n) is 5.93. The fraction of sp³-hybridized carbons (Fsp3) is 0.846. The van der Waals surface area contributed by atoms with Gasteiger partial charge < -0.3 is 4.74 Å². The lowest BCUT2D eigenvalue weighted by atomic mass is 9.97. The zero-order valence-electron chi connectivity index (χ0n) is 9.68. The first-order valence-corrected chi connectivity index (χ1v) is 5.93. The molecule has 0 aromatic heterocycles. The second-order valence-corrected chi connectivity index (χ2v) is 5.37. The summed E-state index contributed by atoms with van der Waals surface area (Å²) in [6.45, 7) is 6.71. The van der Waals surface area contributed by atoms with E-state index in [0.29, 0.717) is 11.7 Å². The summed E-state index contributed by atoms with van der Waals surface area (Å²) in [4.78, 5) is 0. The predicted octanol–water partition coefficient (Wildman–Crippen LogP) is 3.69. The van der Waals surface area contributed by atoms with Gasteiger partial charge in [-0.15, -0.1) is 0 Å². The number of hydrogen-bond donors (Lipinski definition) is 0. The molecule has 0 aromatic rings. The molecule has 0 aromatic carbocycles. The van der Waals surface area contributed by atoms with Gasteiger partial charge >= 0.3 is 0 Å². The van der Waals surface area contributed by atoms with Crippen molar-refractivity contribution >= 4 is 0 Å². The van der Waals surface area contributed by atoms with Crippen molar-refractivity contribution in [3.63, 3.8) is 0 Å². The lowest BCUT2D eigenvalue weighted by Crippen LogP contribution is -2.02. The van der Waals surface area contributed by atoms with Gasteiger partial charge in [0.1, 0.15) is 0 Å². The molecule has 1 saturated heterocycles. The smallest absolute Gasteiger partial charge is 0.0950 e. The normalized spacial score (nSPS) is 28.6. The monoisotopic (exact) mass is 194 g/mol. The minimum absolute atomic E-state index is 0.421. The van der Waals surface area contributed by atoms with E-state index in [0.717, 1.165) is 5.92 Å². The van der Waals surface area contributed by atoms with Gasteiger partial charge in [0.05, 0.1) is 11.7 Å². The maximum absolute atomic E-state index is 5.70. The van der Waals surface area contributed by atoms with Gasteiger partial charge in [0.2, 0.25) is 0 Å². The third-order valence-corrected chi connectivity index (χ3v) is 3.48. The zero-order chi connectivity index (χ0) is 10.2. The molecule has 0 N–H and O–H groups in total. The van der Waals surface area contributed by atoms with Crippen molar-refractivity contribution < 1.29 is 4.74 Å². The molecule has 0 amide bonds. The van der Waals surface area contributed by atoms with Crippen molar-refractivity contribution in [2.45, 2.75) is 64.6 Å². The summed E-state index contributed by atoms with van der Waals surface area (Å²) in [5.41, 5.74) is 1.86. The fourth-order valence-corrected chi connectivity index (χ4v) is 2.22. The summed E-state index contributed by atoms with van der Waals surface area (Å²) in [6, 6.07) is 0. The SMILES string of the molecule is CC(C)=CCCC(C)CC1OC12CC2. The number of hydrogen-bond acceptors (Lipinski definition) is 1. The summed E-state index contributed by atoms with van der Waals surface area (Å²) in [6.07, 6.45) is 9.48. The Morgan fingerprint density at radius 1 is 1.50 bits per heavy atom. The summed E-state index contributed by atoms with van der Waals surface area (Å²) in [5, 5.41) is 0. The highest BCUT2D eigenvalue weighted by Gasteiger charge is 2.65. The van der Waals surface area contributed by atoms with Crippen molar-refractivity contribution in [3.05, 3.63) is 11.6 Å². The van der Waals surface area contributed by atoms with Crippen LogP contribution in [-0.4, -0.2) is 11.7 Å². The minimum Gasteiger partial charge on any atom is -0.366 e. The van der Waals surface area contributed by atoms with E-state index in [-0.39, 0.29) is 0 Å². The molecule has 1 nitrogen and oxygen atoms in total. The molecule has 0 radical (unpaired) electrons. The molecule has 80 valence electrons. The highest BCUT2D eigenvalue weighted by molar-refractivity contribution is 5.14. The topological polar surface area (TPSA) is 12.5 Å². The van der Waals surface area contributed by atoms with Crippen LogP contribution >= 0.6 is 0 Å². The third-order valence-electron chi connectivity index (χ3n) is 3.48. The Hall–Kier alpha value is -0.300.